The molecule has 4 nitrogen and oxygen atoms in total. The highest BCUT2D eigenvalue weighted by Gasteiger charge is 2.33. The van der Waals surface area contributed by atoms with E-state index >= 15 is 0 Å². The van der Waals surface area contributed by atoms with E-state index in [0.717, 1.165) is 0 Å². The molecule has 5 heteroatoms. The van der Waals surface area contributed by atoms with Gasteiger partial charge in [-0.25, -0.2) is 8.37 Å². The zero-order valence-corrected chi connectivity index (χ0v) is 6.01. The molecule has 1 fully saturated rings. The first kappa shape index (κ1) is 6.98. The van der Waals surface area contributed by atoms with Crippen LogP contribution in [0.15, 0.2) is 0 Å². The van der Waals surface area contributed by atoms with Gasteiger partial charge in [-0.2, -0.15) is 8.42 Å². The van der Waals surface area contributed by atoms with Gasteiger partial charge in [0.2, 0.25) is 0 Å². The third-order valence-corrected chi connectivity index (χ3v) is 2.28. The van der Waals surface area contributed by atoms with E-state index in [0.29, 0.717) is 0 Å². The van der Waals surface area contributed by atoms with Crippen LogP contribution in [0.5, 0.6) is 0 Å². The molecule has 1 rings (SSSR count). The van der Waals surface area contributed by atoms with Crippen LogP contribution in [0.3, 0.4) is 0 Å². The summed E-state index contributed by atoms with van der Waals surface area (Å²) in [5, 5.41) is 0. The Bertz CT molecular complexity index is 179. The van der Waals surface area contributed by atoms with Crippen molar-refractivity contribution in [1.82, 2.24) is 0 Å². The molecule has 1 aliphatic heterocycles. The Morgan fingerprint density at radius 1 is 1.11 bits per heavy atom. The Kier molecular flexibility index (Phi) is 1.50. The lowest BCUT2D eigenvalue weighted by Crippen LogP contribution is -2.13. The molecule has 0 aromatic heterocycles. The molecule has 54 valence electrons. The van der Waals surface area contributed by atoms with Gasteiger partial charge in [0.05, 0.1) is 0 Å². The molecular formula is C4H8O4S. The predicted octanol–water partition coefficient (Wildman–Crippen LogP) is 0.0550. The average Bonchev–Trinajstić information content (AvgIpc) is 1.79. The van der Waals surface area contributed by atoms with Gasteiger partial charge >= 0.3 is 10.4 Å². The van der Waals surface area contributed by atoms with Crippen LogP contribution in [-0.4, -0.2) is 20.6 Å². The molecule has 1 aliphatic rings. The van der Waals surface area contributed by atoms with Crippen molar-refractivity contribution in [2.75, 3.05) is 0 Å². The zero-order chi connectivity index (χ0) is 7.07. The van der Waals surface area contributed by atoms with Gasteiger partial charge in [-0.15, -0.1) is 0 Å². The molecule has 1 heterocycles. The van der Waals surface area contributed by atoms with Crippen molar-refractivity contribution in [1.29, 1.82) is 0 Å². The quantitative estimate of drug-likeness (QED) is 0.492. The molecule has 0 N–H and O–H groups in total. The fourth-order valence-electron chi connectivity index (χ4n) is 0.551. The minimum atomic E-state index is -3.64. The summed E-state index contributed by atoms with van der Waals surface area (Å²) in [6, 6.07) is 0. The van der Waals surface area contributed by atoms with Gasteiger partial charge in [0, 0.05) is 0 Å². The van der Waals surface area contributed by atoms with Gasteiger partial charge in [0.1, 0.15) is 12.2 Å². The maximum atomic E-state index is 10.4. The van der Waals surface area contributed by atoms with Crippen molar-refractivity contribution >= 4 is 10.4 Å². The van der Waals surface area contributed by atoms with Crippen LogP contribution in [0, 0.1) is 0 Å². The van der Waals surface area contributed by atoms with E-state index in [1.165, 1.54) is 0 Å². The van der Waals surface area contributed by atoms with Crippen molar-refractivity contribution in [3.63, 3.8) is 0 Å². The van der Waals surface area contributed by atoms with Crippen LogP contribution in [0.2, 0.25) is 0 Å². The number of hydrogen-bond donors (Lipinski definition) is 0. The number of hydrogen-bond acceptors (Lipinski definition) is 4. The molecule has 2 atom stereocenters. The minimum absolute atomic E-state index is 0.352. The summed E-state index contributed by atoms with van der Waals surface area (Å²) in [5.74, 6) is 0. The largest absolute Gasteiger partial charge is 0.400 e. The first-order valence-electron chi connectivity index (χ1n) is 2.63. The molecule has 0 amide bonds. The van der Waals surface area contributed by atoms with Crippen molar-refractivity contribution in [2.45, 2.75) is 26.1 Å². The molecule has 0 bridgehead atoms. The molecule has 0 radical (unpaired) electrons. The van der Waals surface area contributed by atoms with E-state index in [9.17, 15) is 8.42 Å². The second kappa shape index (κ2) is 1.93. The molecule has 0 saturated carbocycles. The summed E-state index contributed by atoms with van der Waals surface area (Å²) in [7, 11) is -3.64. The van der Waals surface area contributed by atoms with Crippen LogP contribution in [-0.2, 0) is 18.8 Å². The standard InChI is InChI=1S/C4H8O4S/c1-3-4(2)8-9(5,6)7-3/h3-4H,1-2H3/t3-,4?/m1/s1. The van der Waals surface area contributed by atoms with Crippen molar-refractivity contribution in [2.24, 2.45) is 0 Å². The van der Waals surface area contributed by atoms with Crippen LogP contribution in [0.4, 0.5) is 0 Å². The third kappa shape index (κ3) is 1.41. The molecule has 1 saturated heterocycles. The van der Waals surface area contributed by atoms with Crippen molar-refractivity contribution in [3.05, 3.63) is 0 Å². The highest BCUT2D eigenvalue weighted by Crippen LogP contribution is 2.18. The van der Waals surface area contributed by atoms with Gasteiger partial charge < -0.3 is 0 Å². The van der Waals surface area contributed by atoms with E-state index in [2.05, 4.69) is 8.37 Å². The summed E-state index contributed by atoms with van der Waals surface area (Å²) in [6.07, 6.45) is -0.704. The van der Waals surface area contributed by atoms with E-state index in [-0.39, 0.29) is 12.2 Å². The Morgan fingerprint density at radius 2 is 1.44 bits per heavy atom. The Morgan fingerprint density at radius 3 is 1.56 bits per heavy atom. The van der Waals surface area contributed by atoms with Crippen LogP contribution in [0.1, 0.15) is 13.8 Å². The fraction of sp³-hybridized carbons (Fsp3) is 1.00. The topological polar surface area (TPSA) is 52.6 Å². The average molecular weight is 152 g/mol. The smallest absolute Gasteiger partial charge is 0.242 e. The SMILES string of the molecule is CC1OS(=O)(=O)O[C@@H]1C. The predicted molar refractivity (Wildman–Crippen MR) is 30.0 cm³/mol. The van der Waals surface area contributed by atoms with E-state index in [4.69, 9.17) is 0 Å². The summed E-state index contributed by atoms with van der Waals surface area (Å²) < 4.78 is 29.6. The molecule has 0 aliphatic carbocycles. The highest BCUT2D eigenvalue weighted by molar-refractivity contribution is 7.82. The van der Waals surface area contributed by atoms with E-state index < -0.39 is 10.4 Å². The van der Waals surface area contributed by atoms with Gasteiger partial charge in [-0.05, 0) is 13.8 Å². The minimum Gasteiger partial charge on any atom is -0.242 e. The first-order chi connectivity index (χ1) is 4.01. The molecule has 0 spiro atoms. The summed E-state index contributed by atoms with van der Waals surface area (Å²) in [6.45, 7) is 3.30. The van der Waals surface area contributed by atoms with Crippen LogP contribution >= 0.6 is 0 Å². The normalized spacial score (nSPS) is 41.1. The molecule has 0 aromatic carbocycles. The maximum absolute atomic E-state index is 10.4. The maximum Gasteiger partial charge on any atom is 0.400 e. The number of rotatable bonds is 0. The lowest BCUT2D eigenvalue weighted by molar-refractivity contribution is 0.187. The third-order valence-electron chi connectivity index (χ3n) is 1.20. The Hall–Kier alpha value is -0.130. The first-order valence-corrected chi connectivity index (χ1v) is 3.96. The Labute approximate surface area is 54.1 Å². The molecule has 9 heavy (non-hydrogen) atoms. The lowest BCUT2D eigenvalue weighted by atomic mass is 10.3. The summed E-state index contributed by atoms with van der Waals surface area (Å²) in [5.41, 5.74) is 0. The second-order valence-corrected chi connectivity index (χ2v) is 3.21. The van der Waals surface area contributed by atoms with Gasteiger partial charge in [-0.3, -0.25) is 0 Å². The molecule has 0 aromatic rings. The zero-order valence-electron chi connectivity index (χ0n) is 5.20. The van der Waals surface area contributed by atoms with Gasteiger partial charge in [0.25, 0.3) is 0 Å². The Balaban J connectivity index is 2.77. The monoisotopic (exact) mass is 152 g/mol. The van der Waals surface area contributed by atoms with E-state index in [1.807, 2.05) is 0 Å². The molecule has 1 unspecified atom stereocenters. The fourth-order valence-corrected chi connectivity index (χ4v) is 1.65. The van der Waals surface area contributed by atoms with Gasteiger partial charge in [0.15, 0.2) is 0 Å². The van der Waals surface area contributed by atoms with Crippen LogP contribution < -0.4 is 0 Å². The van der Waals surface area contributed by atoms with E-state index in [1.54, 1.807) is 13.8 Å². The van der Waals surface area contributed by atoms with Gasteiger partial charge in [-0.1, -0.05) is 0 Å². The second-order valence-electron chi connectivity index (χ2n) is 2.01. The summed E-state index contributed by atoms with van der Waals surface area (Å²) >= 11 is 0. The lowest BCUT2D eigenvalue weighted by Gasteiger charge is -1.98. The molecular weight excluding hydrogens is 144 g/mol. The summed E-state index contributed by atoms with van der Waals surface area (Å²) in [4.78, 5) is 0. The highest BCUT2D eigenvalue weighted by atomic mass is 32.3. The van der Waals surface area contributed by atoms with Crippen molar-refractivity contribution in [3.8, 4) is 0 Å². The van der Waals surface area contributed by atoms with Crippen LogP contribution in [0.25, 0.3) is 0 Å². The van der Waals surface area contributed by atoms with Crippen molar-refractivity contribution < 1.29 is 16.8 Å².